The number of carbonyl (C=O) groups excluding carboxylic acids is 2. The third-order valence-corrected chi connectivity index (χ3v) is 3.67. The molecule has 1 aromatic heterocycles. The number of halogens is 1. The predicted molar refractivity (Wildman–Crippen MR) is 81.4 cm³/mol. The van der Waals surface area contributed by atoms with Gasteiger partial charge >= 0.3 is 12.0 Å². The minimum Gasteiger partial charge on any atom is -0.463 e. The first-order valence-electron chi connectivity index (χ1n) is 7.09. The first-order valence-corrected chi connectivity index (χ1v) is 7.62. The minimum absolute atomic E-state index is 0.0129. The van der Waals surface area contributed by atoms with Crippen molar-refractivity contribution in [3.8, 4) is 0 Å². The van der Waals surface area contributed by atoms with Crippen molar-refractivity contribution < 1.29 is 14.3 Å². The number of alkyl halides is 1. The van der Waals surface area contributed by atoms with Gasteiger partial charge in [0.05, 0.1) is 29.8 Å². The second-order valence-corrected chi connectivity index (χ2v) is 5.07. The van der Waals surface area contributed by atoms with Crippen LogP contribution in [0, 0.1) is 6.92 Å². The molecule has 0 bridgehead atoms. The topological polar surface area (TPSA) is 85.2 Å². The molecule has 120 valence electrons. The van der Waals surface area contributed by atoms with Gasteiger partial charge in [-0.05, 0) is 20.8 Å². The van der Waals surface area contributed by atoms with Crippen LogP contribution in [-0.4, -0.2) is 34.3 Å². The van der Waals surface area contributed by atoms with Gasteiger partial charge in [0, 0.05) is 24.0 Å². The number of nitrogens with zero attached hydrogens (tertiary/aromatic N) is 2. The molecule has 0 fully saturated rings. The summed E-state index contributed by atoms with van der Waals surface area (Å²) in [6, 6.07) is -1.03. The Kier molecular flexibility index (Phi) is 5.07. The van der Waals surface area contributed by atoms with Gasteiger partial charge in [-0.2, -0.15) is 5.10 Å². The summed E-state index contributed by atoms with van der Waals surface area (Å²) < 4.78 is 6.85. The fourth-order valence-corrected chi connectivity index (χ4v) is 2.60. The Morgan fingerprint density at radius 2 is 2.23 bits per heavy atom. The largest absolute Gasteiger partial charge is 0.463 e. The SMILES string of the molecule is CCOC(=O)C1=C(CCl)NC(=O)N[C@H]1c1cn(CC)nc1C. The molecule has 1 aromatic rings. The van der Waals surface area contributed by atoms with Crippen molar-refractivity contribution in [1.82, 2.24) is 20.4 Å². The number of hydrogen-bond acceptors (Lipinski definition) is 4. The van der Waals surface area contributed by atoms with E-state index in [1.54, 1.807) is 11.6 Å². The Balaban J connectivity index is 2.51. The van der Waals surface area contributed by atoms with Gasteiger partial charge in [-0.25, -0.2) is 9.59 Å². The van der Waals surface area contributed by atoms with E-state index in [2.05, 4.69) is 15.7 Å². The lowest BCUT2D eigenvalue weighted by atomic mass is 9.96. The highest BCUT2D eigenvalue weighted by molar-refractivity contribution is 6.20. The maximum absolute atomic E-state index is 12.3. The molecule has 1 atom stereocenters. The van der Waals surface area contributed by atoms with Crippen molar-refractivity contribution in [2.24, 2.45) is 0 Å². The van der Waals surface area contributed by atoms with E-state index in [1.165, 1.54) is 0 Å². The summed E-state index contributed by atoms with van der Waals surface area (Å²) >= 11 is 5.88. The fraction of sp³-hybridized carbons (Fsp3) is 0.500. The molecule has 0 radical (unpaired) electrons. The van der Waals surface area contributed by atoms with Crippen molar-refractivity contribution in [2.45, 2.75) is 33.4 Å². The van der Waals surface area contributed by atoms with Crippen LogP contribution in [0.4, 0.5) is 4.79 Å². The van der Waals surface area contributed by atoms with Gasteiger partial charge in [-0.1, -0.05) is 0 Å². The molecule has 1 aliphatic rings. The van der Waals surface area contributed by atoms with Gasteiger partial charge in [-0.15, -0.1) is 11.6 Å². The maximum atomic E-state index is 12.3. The Bertz CT molecular complexity index is 624. The number of nitrogens with one attached hydrogen (secondary N) is 2. The van der Waals surface area contributed by atoms with Crippen molar-refractivity contribution in [3.05, 3.63) is 28.7 Å². The highest BCUT2D eigenvalue weighted by Crippen LogP contribution is 2.29. The lowest BCUT2D eigenvalue weighted by molar-refractivity contribution is -0.139. The summed E-state index contributed by atoms with van der Waals surface area (Å²) in [7, 11) is 0. The number of esters is 1. The number of hydrogen-bond donors (Lipinski definition) is 2. The van der Waals surface area contributed by atoms with Crippen LogP contribution in [0.15, 0.2) is 17.5 Å². The number of aryl methyl sites for hydroxylation is 2. The third kappa shape index (κ3) is 3.09. The van der Waals surface area contributed by atoms with Crippen LogP contribution >= 0.6 is 11.6 Å². The monoisotopic (exact) mass is 326 g/mol. The molecule has 0 unspecified atom stereocenters. The molecule has 2 heterocycles. The zero-order chi connectivity index (χ0) is 16.3. The first-order chi connectivity index (χ1) is 10.5. The van der Waals surface area contributed by atoms with E-state index in [1.807, 2.05) is 20.0 Å². The van der Waals surface area contributed by atoms with Crippen LogP contribution in [-0.2, 0) is 16.1 Å². The van der Waals surface area contributed by atoms with E-state index >= 15 is 0 Å². The van der Waals surface area contributed by atoms with Crippen LogP contribution in [0.3, 0.4) is 0 Å². The lowest BCUT2D eigenvalue weighted by Crippen LogP contribution is -2.46. The molecule has 2 amide bonds. The van der Waals surface area contributed by atoms with Crippen LogP contribution in [0.1, 0.15) is 31.1 Å². The highest BCUT2D eigenvalue weighted by atomic mass is 35.5. The van der Waals surface area contributed by atoms with Crippen LogP contribution in [0.5, 0.6) is 0 Å². The minimum atomic E-state index is -0.623. The summed E-state index contributed by atoms with van der Waals surface area (Å²) in [4.78, 5) is 24.1. The number of aromatic nitrogens is 2. The third-order valence-electron chi connectivity index (χ3n) is 3.40. The summed E-state index contributed by atoms with van der Waals surface area (Å²) in [6.45, 7) is 6.46. The van der Waals surface area contributed by atoms with Gasteiger partial charge in [0.25, 0.3) is 0 Å². The van der Waals surface area contributed by atoms with Crippen molar-refractivity contribution >= 4 is 23.6 Å². The van der Waals surface area contributed by atoms with Crippen molar-refractivity contribution in [2.75, 3.05) is 12.5 Å². The number of carbonyl (C=O) groups is 2. The van der Waals surface area contributed by atoms with E-state index in [-0.39, 0.29) is 12.5 Å². The van der Waals surface area contributed by atoms with Crippen molar-refractivity contribution in [3.63, 3.8) is 0 Å². The standard InChI is InChI=1S/C14H19ClN4O3/c1-4-19-7-9(8(3)18-19)12-11(13(20)22-5-2)10(6-15)16-14(21)17-12/h7,12H,4-6H2,1-3H3,(H2,16,17,21)/t12-/m0/s1. The predicted octanol–water partition coefficient (Wildman–Crippen LogP) is 1.62. The average molecular weight is 327 g/mol. The molecule has 0 spiro atoms. The molecule has 0 aliphatic carbocycles. The molecule has 0 aromatic carbocycles. The zero-order valence-corrected chi connectivity index (χ0v) is 13.5. The molecule has 2 rings (SSSR count). The molecule has 2 N–H and O–H groups in total. The molecule has 0 saturated heterocycles. The Morgan fingerprint density at radius 1 is 1.50 bits per heavy atom. The van der Waals surface area contributed by atoms with E-state index in [4.69, 9.17) is 16.3 Å². The number of amides is 2. The summed E-state index contributed by atoms with van der Waals surface area (Å²) in [5.41, 5.74) is 2.17. The lowest BCUT2D eigenvalue weighted by Gasteiger charge is -2.28. The van der Waals surface area contributed by atoms with Gasteiger partial charge in [0.1, 0.15) is 0 Å². The molecule has 22 heavy (non-hydrogen) atoms. The second kappa shape index (κ2) is 6.83. The Labute approximate surface area is 133 Å². The smallest absolute Gasteiger partial charge is 0.338 e. The summed E-state index contributed by atoms with van der Waals surface area (Å²) in [6.07, 6.45) is 1.82. The van der Waals surface area contributed by atoms with E-state index in [0.717, 1.165) is 11.3 Å². The Morgan fingerprint density at radius 3 is 2.77 bits per heavy atom. The maximum Gasteiger partial charge on any atom is 0.338 e. The number of urea groups is 1. The molecule has 1 aliphatic heterocycles. The number of rotatable bonds is 5. The van der Waals surface area contributed by atoms with Crippen LogP contribution in [0.25, 0.3) is 0 Å². The van der Waals surface area contributed by atoms with E-state index in [9.17, 15) is 9.59 Å². The first kappa shape index (κ1) is 16.4. The normalized spacial score (nSPS) is 18.0. The molecular formula is C14H19ClN4O3. The highest BCUT2D eigenvalue weighted by Gasteiger charge is 2.35. The van der Waals surface area contributed by atoms with E-state index in [0.29, 0.717) is 17.8 Å². The Hall–Kier alpha value is -2.02. The molecular weight excluding hydrogens is 308 g/mol. The van der Waals surface area contributed by atoms with E-state index < -0.39 is 18.0 Å². The van der Waals surface area contributed by atoms with Crippen LogP contribution < -0.4 is 10.6 Å². The quantitative estimate of drug-likeness (QED) is 0.636. The summed E-state index contributed by atoms with van der Waals surface area (Å²) in [5.74, 6) is -0.488. The van der Waals surface area contributed by atoms with Gasteiger partial charge in [0.2, 0.25) is 0 Å². The fourth-order valence-electron chi connectivity index (χ4n) is 2.39. The average Bonchev–Trinajstić information content (AvgIpc) is 2.87. The molecule has 7 nitrogen and oxygen atoms in total. The number of allylic oxidation sites excluding steroid dienone is 1. The molecule has 0 saturated carbocycles. The van der Waals surface area contributed by atoms with Gasteiger partial charge in [0.15, 0.2) is 0 Å². The molecule has 8 heteroatoms. The van der Waals surface area contributed by atoms with Gasteiger partial charge in [-0.3, -0.25) is 4.68 Å². The zero-order valence-electron chi connectivity index (χ0n) is 12.8. The summed E-state index contributed by atoms with van der Waals surface area (Å²) in [5, 5.41) is 9.67. The van der Waals surface area contributed by atoms with Gasteiger partial charge < -0.3 is 15.4 Å². The van der Waals surface area contributed by atoms with Crippen molar-refractivity contribution in [1.29, 1.82) is 0 Å². The number of ether oxygens (including phenoxy) is 1. The van der Waals surface area contributed by atoms with Crippen LogP contribution in [0.2, 0.25) is 0 Å². The second-order valence-electron chi connectivity index (χ2n) is 4.80.